The fourth-order valence-electron chi connectivity index (χ4n) is 2.31. The Kier molecular flexibility index (Phi) is 10.0. The van der Waals surface area contributed by atoms with E-state index >= 15 is 0 Å². The van der Waals surface area contributed by atoms with Gasteiger partial charge in [0.1, 0.15) is 5.75 Å². The number of nitrogens with zero attached hydrogens (tertiary/aromatic N) is 2. The summed E-state index contributed by atoms with van der Waals surface area (Å²) in [4.78, 5) is 14.3. The lowest BCUT2D eigenvalue weighted by Crippen LogP contribution is -2.33. The Balaban J connectivity index is 0.00000576. The molecule has 0 aliphatic heterocycles. The number of hydrogen-bond donors (Lipinski definition) is 1. The number of benzene rings is 1. The molecule has 0 radical (unpaired) electrons. The Hall–Kier alpha value is -1.35. The van der Waals surface area contributed by atoms with Gasteiger partial charge in [-0.3, -0.25) is 4.79 Å². The molecule has 0 fully saturated rings. The fourth-order valence-corrected chi connectivity index (χ4v) is 3.80. The lowest BCUT2D eigenvalue weighted by atomic mass is 10.1. The van der Waals surface area contributed by atoms with E-state index in [1.807, 2.05) is 0 Å². The van der Waals surface area contributed by atoms with Crippen LogP contribution >= 0.6 is 12.4 Å². The number of likely N-dealkylation sites (N-methyl/N-ethyl adjacent to an activating group) is 2. The first-order valence-electron chi connectivity index (χ1n) is 7.91. The second kappa shape index (κ2) is 10.6. The van der Waals surface area contributed by atoms with Crippen LogP contribution < -0.4 is 10.1 Å². The Bertz CT molecular complexity index is 663. The largest absolute Gasteiger partial charge is 0.496 e. The molecule has 1 N–H and O–H groups in total. The molecule has 0 spiro atoms. The highest BCUT2D eigenvalue weighted by Gasteiger charge is 2.25. The first-order valence-corrected chi connectivity index (χ1v) is 9.35. The summed E-state index contributed by atoms with van der Waals surface area (Å²) in [6.45, 7) is 5.45. The molecule has 0 bridgehead atoms. The molecule has 0 unspecified atom stereocenters. The highest BCUT2D eigenvalue weighted by Crippen LogP contribution is 2.25. The van der Waals surface area contributed by atoms with E-state index < -0.39 is 10.0 Å². The summed E-state index contributed by atoms with van der Waals surface area (Å²) >= 11 is 0. The predicted octanol–water partition coefficient (Wildman–Crippen LogP) is 1.44. The molecule has 144 valence electrons. The number of carbonyl (C=O) groups is 1. The second-order valence-electron chi connectivity index (χ2n) is 5.28. The molecule has 7 nitrogen and oxygen atoms in total. The lowest BCUT2D eigenvalue weighted by Gasteiger charge is -2.21. The standard InChI is InChI=1S/C16H27N3O4S.ClH/c1-6-19(7-2)24(21,22)13-8-9-15(23-5)14(12-13)16(20)18(4)11-10-17-3;/h8-9,12,17H,6-7,10-11H2,1-5H3;1H. The average Bonchev–Trinajstić information content (AvgIpc) is 2.59. The van der Waals surface area contributed by atoms with E-state index in [0.717, 1.165) is 0 Å². The molecule has 0 aliphatic carbocycles. The van der Waals surface area contributed by atoms with Gasteiger partial charge in [0.15, 0.2) is 0 Å². The van der Waals surface area contributed by atoms with Crippen molar-refractivity contribution in [3.63, 3.8) is 0 Å². The van der Waals surface area contributed by atoms with Crippen molar-refractivity contribution in [3.05, 3.63) is 23.8 Å². The molecular weight excluding hydrogens is 366 g/mol. The van der Waals surface area contributed by atoms with E-state index in [-0.39, 0.29) is 28.8 Å². The van der Waals surface area contributed by atoms with Crippen molar-refractivity contribution in [2.75, 3.05) is 47.4 Å². The third-order valence-electron chi connectivity index (χ3n) is 3.79. The molecule has 1 rings (SSSR count). The summed E-state index contributed by atoms with van der Waals surface area (Å²) in [6.07, 6.45) is 0. The van der Waals surface area contributed by atoms with Gasteiger partial charge in [0.2, 0.25) is 10.0 Å². The maximum atomic E-state index is 12.7. The van der Waals surface area contributed by atoms with Gasteiger partial charge in [-0.25, -0.2) is 8.42 Å². The summed E-state index contributed by atoms with van der Waals surface area (Å²) < 4.78 is 31.9. The van der Waals surface area contributed by atoms with Crippen LogP contribution in [0.2, 0.25) is 0 Å². The number of ether oxygens (including phenoxy) is 1. The van der Waals surface area contributed by atoms with Crippen LogP contribution in [0.4, 0.5) is 0 Å². The highest BCUT2D eigenvalue weighted by atomic mass is 35.5. The number of sulfonamides is 1. The van der Waals surface area contributed by atoms with Crippen molar-refractivity contribution in [1.82, 2.24) is 14.5 Å². The van der Waals surface area contributed by atoms with Crippen LogP contribution in [0, 0.1) is 0 Å². The average molecular weight is 394 g/mol. The number of hydrogen-bond acceptors (Lipinski definition) is 5. The van der Waals surface area contributed by atoms with Gasteiger partial charge in [-0.2, -0.15) is 4.31 Å². The normalized spacial score (nSPS) is 11.1. The molecule has 0 heterocycles. The third-order valence-corrected chi connectivity index (χ3v) is 5.83. The van der Waals surface area contributed by atoms with E-state index in [0.29, 0.717) is 31.9 Å². The van der Waals surface area contributed by atoms with E-state index in [4.69, 9.17) is 4.74 Å². The molecule has 0 aromatic heterocycles. The summed E-state index contributed by atoms with van der Waals surface area (Å²) in [5.74, 6) is 0.0773. The van der Waals surface area contributed by atoms with E-state index in [1.165, 1.54) is 34.5 Å². The van der Waals surface area contributed by atoms with Crippen molar-refractivity contribution in [3.8, 4) is 5.75 Å². The minimum Gasteiger partial charge on any atom is -0.496 e. The maximum Gasteiger partial charge on any atom is 0.257 e. The Morgan fingerprint density at radius 3 is 2.32 bits per heavy atom. The molecule has 9 heteroatoms. The Morgan fingerprint density at radius 2 is 1.84 bits per heavy atom. The number of halogens is 1. The Morgan fingerprint density at radius 1 is 1.24 bits per heavy atom. The SMILES string of the molecule is CCN(CC)S(=O)(=O)c1ccc(OC)c(C(=O)N(C)CCNC)c1.Cl. The topological polar surface area (TPSA) is 79.0 Å². The van der Waals surface area contributed by atoms with E-state index in [2.05, 4.69) is 5.32 Å². The number of rotatable bonds is 9. The zero-order chi connectivity index (χ0) is 18.3. The quantitative estimate of drug-likeness (QED) is 0.686. The molecule has 0 saturated heterocycles. The monoisotopic (exact) mass is 393 g/mol. The van der Waals surface area contributed by atoms with Crippen LogP contribution in [0.1, 0.15) is 24.2 Å². The summed E-state index contributed by atoms with van der Waals surface area (Å²) in [5.41, 5.74) is 0.240. The van der Waals surface area contributed by atoms with Gasteiger partial charge in [0, 0.05) is 33.2 Å². The fraction of sp³-hybridized carbons (Fsp3) is 0.562. The molecule has 0 atom stereocenters. The van der Waals surface area contributed by atoms with Crippen LogP contribution in [-0.4, -0.2) is 70.9 Å². The van der Waals surface area contributed by atoms with Crippen molar-refractivity contribution in [2.45, 2.75) is 18.7 Å². The minimum atomic E-state index is -3.63. The highest BCUT2D eigenvalue weighted by molar-refractivity contribution is 7.89. The van der Waals surface area contributed by atoms with Gasteiger partial charge in [0.05, 0.1) is 17.6 Å². The number of methoxy groups -OCH3 is 1. The molecule has 25 heavy (non-hydrogen) atoms. The van der Waals surface area contributed by atoms with Crippen LogP contribution in [-0.2, 0) is 10.0 Å². The number of nitrogens with one attached hydrogen (secondary N) is 1. The number of amides is 1. The summed E-state index contributed by atoms with van der Waals surface area (Å²) in [7, 11) is 1.30. The van der Waals surface area contributed by atoms with Gasteiger partial charge < -0.3 is 15.0 Å². The van der Waals surface area contributed by atoms with Gasteiger partial charge in [-0.15, -0.1) is 12.4 Å². The molecular formula is C16H28ClN3O4S. The van der Waals surface area contributed by atoms with Crippen LogP contribution in [0.5, 0.6) is 5.75 Å². The maximum absolute atomic E-state index is 12.7. The van der Waals surface area contributed by atoms with E-state index in [9.17, 15) is 13.2 Å². The van der Waals surface area contributed by atoms with Crippen molar-refractivity contribution < 1.29 is 17.9 Å². The zero-order valence-corrected chi connectivity index (χ0v) is 17.0. The van der Waals surface area contributed by atoms with Gasteiger partial charge in [0.25, 0.3) is 5.91 Å². The van der Waals surface area contributed by atoms with Crippen LogP contribution in [0.15, 0.2) is 23.1 Å². The van der Waals surface area contributed by atoms with Crippen molar-refractivity contribution >= 4 is 28.3 Å². The first kappa shape index (κ1) is 23.6. The molecule has 0 saturated carbocycles. The Labute approximate surface area is 156 Å². The summed E-state index contributed by atoms with van der Waals surface area (Å²) in [6, 6.07) is 4.39. The molecule has 1 amide bonds. The third kappa shape index (κ3) is 5.57. The van der Waals surface area contributed by atoms with Gasteiger partial charge in [-0.05, 0) is 25.2 Å². The summed E-state index contributed by atoms with van der Waals surface area (Å²) in [5, 5.41) is 2.97. The lowest BCUT2D eigenvalue weighted by molar-refractivity contribution is 0.0793. The van der Waals surface area contributed by atoms with Crippen molar-refractivity contribution in [1.29, 1.82) is 0 Å². The second-order valence-corrected chi connectivity index (χ2v) is 7.22. The zero-order valence-electron chi connectivity index (χ0n) is 15.4. The van der Waals surface area contributed by atoms with Crippen LogP contribution in [0.3, 0.4) is 0 Å². The van der Waals surface area contributed by atoms with Crippen LogP contribution in [0.25, 0.3) is 0 Å². The molecule has 0 aliphatic rings. The van der Waals surface area contributed by atoms with Gasteiger partial charge in [-0.1, -0.05) is 13.8 Å². The van der Waals surface area contributed by atoms with Gasteiger partial charge >= 0.3 is 0 Å². The molecule has 1 aromatic rings. The van der Waals surface area contributed by atoms with E-state index in [1.54, 1.807) is 27.9 Å². The minimum absolute atomic E-state index is 0. The predicted molar refractivity (Wildman–Crippen MR) is 101 cm³/mol. The first-order chi connectivity index (χ1) is 11.3. The smallest absolute Gasteiger partial charge is 0.257 e. The van der Waals surface area contributed by atoms with Crippen molar-refractivity contribution in [2.24, 2.45) is 0 Å². The number of carbonyl (C=O) groups excluding carboxylic acids is 1. The molecule has 1 aromatic carbocycles.